The third-order valence-electron chi connectivity index (χ3n) is 8.83. The Kier molecular flexibility index (Phi) is 37.1. The van der Waals surface area contributed by atoms with Crippen molar-refractivity contribution < 1.29 is 43.3 Å². The molecule has 0 aromatic rings. The number of carbonyl (C=O) groups excluding carboxylic acids is 2. The molecule has 10 heteroatoms. The summed E-state index contributed by atoms with van der Waals surface area (Å²) >= 11 is 0. The van der Waals surface area contributed by atoms with Crippen molar-refractivity contribution >= 4 is 19.8 Å². The summed E-state index contributed by atoms with van der Waals surface area (Å²) in [6.45, 7) is 3.91. The van der Waals surface area contributed by atoms with Crippen LogP contribution in [0.1, 0.15) is 194 Å². The molecule has 0 spiro atoms. The van der Waals surface area contributed by atoms with Crippen LogP contribution in [0.2, 0.25) is 0 Å². The zero-order valence-electron chi connectivity index (χ0n) is 32.9. The normalized spacial score (nSPS) is 13.6. The highest BCUT2D eigenvalue weighted by molar-refractivity contribution is 7.45. The summed E-state index contributed by atoms with van der Waals surface area (Å²) in [6, 6.07) is 0. The van der Waals surface area contributed by atoms with E-state index in [1.54, 1.807) is 0 Å². The van der Waals surface area contributed by atoms with Crippen molar-refractivity contribution in [3.05, 3.63) is 24.3 Å². The molecule has 0 aliphatic rings. The van der Waals surface area contributed by atoms with Gasteiger partial charge in [0.1, 0.15) is 13.2 Å². The molecule has 0 radical (unpaired) electrons. The fourth-order valence-corrected chi connectivity index (χ4v) is 6.46. The van der Waals surface area contributed by atoms with E-state index in [1.165, 1.54) is 89.9 Å². The van der Waals surface area contributed by atoms with Gasteiger partial charge in [-0.15, -0.1) is 0 Å². The molecule has 0 heterocycles. The van der Waals surface area contributed by atoms with E-state index in [9.17, 15) is 19.0 Å². The Labute approximate surface area is 312 Å². The van der Waals surface area contributed by atoms with E-state index in [2.05, 4.69) is 43.9 Å². The lowest BCUT2D eigenvalue weighted by Crippen LogP contribution is -2.52. The molecule has 0 saturated heterocycles. The predicted octanol–water partition coefficient (Wildman–Crippen LogP) is 10.3. The van der Waals surface area contributed by atoms with Gasteiger partial charge in [-0.1, -0.05) is 141 Å². The maximum atomic E-state index is 12.5. The van der Waals surface area contributed by atoms with Crippen molar-refractivity contribution in [2.24, 2.45) is 0 Å². The molecular weight excluding hydrogens is 665 g/mol. The van der Waals surface area contributed by atoms with Gasteiger partial charge < -0.3 is 29.1 Å². The van der Waals surface area contributed by atoms with Crippen LogP contribution in [-0.2, 0) is 32.7 Å². The Bertz CT molecular complexity index is 897. The summed E-state index contributed by atoms with van der Waals surface area (Å²) < 4.78 is 32.5. The summed E-state index contributed by atoms with van der Waals surface area (Å²) in [5.74, 6) is -0.863. The number of phosphoric ester groups is 1. The zero-order valence-corrected chi connectivity index (χ0v) is 33.8. The minimum absolute atomic E-state index is 0.106. The summed E-state index contributed by atoms with van der Waals surface area (Å²) in [7, 11) is -4.58. The fraction of sp³-hybridized carbons (Fsp3) is 0.854. The van der Waals surface area contributed by atoms with E-state index in [4.69, 9.17) is 18.5 Å². The number of hydrogen-bond acceptors (Lipinski definition) is 8. The number of carbonyl (C=O) groups is 2. The van der Waals surface area contributed by atoms with Crippen molar-refractivity contribution in [3.8, 4) is 0 Å². The van der Waals surface area contributed by atoms with Crippen LogP contribution < -0.4 is 10.6 Å². The van der Waals surface area contributed by atoms with Crippen molar-refractivity contribution in [1.82, 2.24) is 0 Å². The van der Waals surface area contributed by atoms with Crippen LogP contribution in [0.4, 0.5) is 0 Å². The summed E-state index contributed by atoms with van der Waals surface area (Å²) in [5, 5.41) is 0. The van der Waals surface area contributed by atoms with Gasteiger partial charge in [-0.2, -0.15) is 0 Å². The first kappa shape index (κ1) is 49.5. The van der Waals surface area contributed by atoms with E-state index in [1.807, 2.05) is 0 Å². The van der Waals surface area contributed by atoms with E-state index < -0.39 is 32.5 Å². The Morgan fingerprint density at radius 1 is 0.569 bits per heavy atom. The molecule has 300 valence electrons. The highest BCUT2D eigenvalue weighted by atomic mass is 31.2. The first-order chi connectivity index (χ1) is 24.8. The van der Waals surface area contributed by atoms with Gasteiger partial charge in [-0.3, -0.25) is 14.2 Å². The second-order valence-electron chi connectivity index (χ2n) is 13.9. The van der Waals surface area contributed by atoms with Gasteiger partial charge in [0.25, 0.3) is 7.82 Å². The van der Waals surface area contributed by atoms with E-state index in [-0.39, 0.29) is 32.6 Å². The lowest BCUT2D eigenvalue weighted by atomic mass is 10.1. The third kappa shape index (κ3) is 38.0. The van der Waals surface area contributed by atoms with Gasteiger partial charge in [0.15, 0.2) is 6.10 Å². The maximum Gasteiger partial charge on any atom is 0.306 e. The molecule has 0 aromatic heterocycles. The van der Waals surface area contributed by atoms with Crippen molar-refractivity contribution in [1.29, 1.82) is 0 Å². The molecule has 0 amide bonds. The summed E-state index contributed by atoms with van der Waals surface area (Å²) in [4.78, 5) is 36.9. The Balaban J connectivity index is 4.20. The molecule has 0 saturated carbocycles. The molecule has 3 N–H and O–H groups in total. The number of phosphoric acid groups is 1. The van der Waals surface area contributed by atoms with Crippen LogP contribution in [0, 0.1) is 0 Å². The number of esters is 2. The molecule has 2 atom stereocenters. The number of quaternary nitrogens is 1. The largest absolute Gasteiger partial charge is 0.756 e. The van der Waals surface area contributed by atoms with E-state index in [0.29, 0.717) is 6.42 Å². The second kappa shape index (κ2) is 38.2. The Morgan fingerprint density at radius 3 is 1.39 bits per heavy atom. The van der Waals surface area contributed by atoms with Gasteiger partial charge >= 0.3 is 11.9 Å². The maximum absolute atomic E-state index is 12.5. The van der Waals surface area contributed by atoms with Crippen LogP contribution in [0.25, 0.3) is 0 Å². The average Bonchev–Trinajstić information content (AvgIpc) is 3.11. The van der Waals surface area contributed by atoms with Crippen LogP contribution in [0.3, 0.4) is 0 Å². The SMILES string of the molecule is CCCCCCCC/C=C/CCCCCCCC(=O)OC[C@@H](COP(=O)([O-])OCC[NH3+])OC(=O)CCCCCCC/C=C/CCCCCCCC. The van der Waals surface area contributed by atoms with Crippen molar-refractivity contribution in [2.45, 2.75) is 200 Å². The predicted molar refractivity (Wildman–Crippen MR) is 207 cm³/mol. The topological polar surface area (TPSA) is 139 Å². The lowest BCUT2D eigenvalue weighted by Gasteiger charge is -2.25. The van der Waals surface area contributed by atoms with E-state index in [0.717, 1.165) is 70.6 Å². The smallest absolute Gasteiger partial charge is 0.306 e. The summed E-state index contributed by atoms with van der Waals surface area (Å²) in [5.41, 5.74) is 3.55. The number of ether oxygens (including phenoxy) is 2. The van der Waals surface area contributed by atoms with E-state index >= 15 is 0 Å². The third-order valence-corrected chi connectivity index (χ3v) is 9.79. The standard InChI is InChI=1S/C41H78NO8P/c1-3-5-7-9-11-13-15-17-19-21-23-25-27-29-31-33-40(43)47-37-39(38-49-51(45,46)48-36-35-42)50-41(44)34-32-30-28-26-24-22-20-18-16-14-12-10-8-6-4-2/h17-20,39H,3-16,21-38,42H2,1-2H3,(H,45,46)/b19-17+,20-18+/t39-/m0/s1. The molecule has 0 aliphatic carbocycles. The highest BCUT2D eigenvalue weighted by Gasteiger charge is 2.21. The number of rotatable bonds is 39. The monoisotopic (exact) mass is 744 g/mol. The molecule has 0 aromatic carbocycles. The van der Waals surface area contributed by atoms with Crippen molar-refractivity contribution in [2.75, 3.05) is 26.4 Å². The minimum atomic E-state index is -4.58. The van der Waals surface area contributed by atoms with Crippen LogP contribution in [0.5, 0.6) is 0 Å². The van der Waals surface area contributed by atoms with Gasteiger partial charge in [0.05, 0.1) is 13.2 Å². The lowest BCUT2D eigenvalue weighted by molar-refractivity contribution is -0.373. The van der Waals surface area contributed by atoms with Crippen LogP contribution in [-0.4, -0.2) is 44.4 Å². The quantitative estimate of drug-likeness (QED) is 0.0284. The van der Waals surface area contributed by atoms with Gasteiger partial charge in [0.2, 0.25) is 0 Å². The molecule has 0 rings (SSSR count). The van der Waals surface area contributed by atoms with Gasteiger partial charge in [-0.05, 0) is 64.2 Å². The molecule has 0 aliphatic heterocycles. The van der Waals surface area contributed by atoms with Gasteiger partial charge in [-0.25, -0.2) is 0 Å². The van der Waals surface area contributed by atoms with Gasteiger partial charge in [0, 0.05) is 12.8 Å². The molecule has 9 nitrogen and oxygen atoms in total. The van der Waals surface area contributed by atoms with Crippen molar-refractivity contribution in [3.63, 3.8) is 0 Å². The molecule has 0 fully saturated rings. The summed E-state index contributed by atoms with van der Waals surface area (Å²) in [6.07, 6.45) is 39.1. The Morgan fingerprint density at radius 2 is 0.961 bits per heavy atom. The average molecular weight is 744 g/mol. The Hall–Kier alpha value is -1.51. The molecular formula is C41H78NO8P. The molecule has 51 heavy (non-hydrogen) atoms. The molecule has 0 bridgehead atoms. The second-order valence-corrected chi connectivity index (χ2v) is 15.3. The number of unbranched alkanes of at least 4 members (excludes halogenated alkanes) is 22. The molecule has 1 unspecified atom stereocenters. The number of hydrogen-bond donors (Lipinski definition) is 1. The zero-order chi connectivity index (χ0) is 37.5. The number of allylic oxidation sites excluding steroid dienone is 4. The minimum Gasteiger partial charge on any atom is -0.756 e. The van der Waals surface area contributed by atoms with Crippen LogP contribution >= 0.6 is 7.82 Å². The first-order valence-electron chi connectivity index (χ1n) is 20.9. The first-order valence-corrected chi connectivity index (χ1v) is 22.3. The van der Waals surface area contributed by atoms with Crippen LogP contribution in [0.15, 0.2) is 24.3 Å². The fourth-order valence-electron chi connectivity index (χ4n) is 5.69. The highest BCUT2D eigenvalue weighted by Crippen LogP contribution is 2.38.